The Morgan fingerprint density at radius 1 is 1.70 bits per heavy atom. The maximum absolute atomic E-state index is 10.9. The fourth-order valence-electron chi connectivity index (χ4n) is 0.791. The molecule has 0 aliphatic carbocycles. The number of rotatable bonds is 1. The molecule has 1 rings (SSSR count). The van der Waals surface area contributed by atoms with Crippen LogP contribution in [-0.2, 0) is 12.7 Å². The summed E-state index contributed by atoms with van der Waals surface area (Å²) in [6.45, 7) is 0. The van der Waals surface area contributed by atoms with E-state index in [0.717, 1.165) is 4.90 Å². The molecule has 0 aromatic carbocycles. The molecule has 1 aliphatic heterocycles. The molecule has 0 aromatic rings. The number of imide groups is 1. The van der Waals surface area contributed by atoms with Gasteiger partial charge in [-0.25, -0.2) is 0 Å². The molecule has 1 aliphatic rings. The van der Waals surface area contributed by atoms with Gasteiger partial charge in [0.25, 0.3) is 5.91 Å². The number of likely N-dealkylation sites (tertiary alicyclic amines) is 1. The smallest absolute Gasteiger partial charge is 0.259 e. The molecule has 10 heavy (non-hydrogen) atoms. The van der Waals surface area contributed by atoms with Crippen molar-refractivity contribution in [3.05, 3.63) is 0 Å². The van der Waals surface area contributed by atoms with E-state index in [2.05, 4.69) is 0 Å². The van der Waals surface area contributed by atoms with Gasteiger partial charge in [-0.2, -0.15) is 0 Å². The first-order valence-corrected chi connectivity index (χ1v) is 3.62. The lowest BCUT2D eigenvalue weighted by molar-refractivity contribution is -0.138. The molecular formula is C5H6INO3. The average Bonchev–Trinajstić information content (AvgIpc) is 2.17. The van der Waals surface area contributed by atoms with Gasteiger partial charge >= 0.3 is 0 Å². The van der Waals surface area contributed by atoms with Crippen LogP contribution >= 0.6 is 23.0 Å². The minimum Gasteiger partial charge on any atom is -0.302 e. The Labute approximate surface area is 72.2 Å². The van der Waals surface area contributed by atoms with Crippen LogP contribution in [0.15, 0.2) is 0 Å². The van der Waals surface area contributed by atoms with Crippen LogP contribution in [0.1, 0.15) is 6.42 Å². The molecule has 56 valence electrons. The lowest BCUT2D eigenvalue weighted by Gasteiger charge is -2.04. The highest BCUT2D eigenvalue weighted by atomic mass is 127. The van der Waals surface area contributed by atoms with Crippen LogP contribution in [0.4, 0.5) is 0 Å². The summed E-state index contributed by atoms with van der Waals surface area (Å²) in [6.07, 6.45) is -0.378. The third-order valence-electron chi connectivity index (χ3n) is 1.45. The molecule has 0 saturated carbocycles. The molecule has 2 amide bonds. The maximum atomic E-state index is 10.9. The number of nitrogens with zero attached hydrogens (tertiary/aromatic N) is 1. The number of carbonyl (C=O) groups excluding carboxylic acids is 2. The third-order valence-corrected chi connectivity index (χ3v) is 2.06. The van der Waals surface area contributed by atoms with Crippen molar-refractivity contribution in [3.63, 3.8) is 0 Å². The van der Waals surface area contributed by atoms with E-state index in [1.807, 2.05) is 0 Å². The van der Waals surface area contributed by atoms with Crippen LogP contribution in [-0.4, -0.2) is 29.9 Å². The first-order valence-electron chi connectivity index (χ1n) is 2.74. The summed E-state index contributed by atoms with van der Waals surface area (Å²) in [4.78, 5) is 22.8. The average molecular weight is 255 g/mol. The quantitative estimate of drug-likeness (QED) is 0.493. The zero-order valence-electron chi connectivity index (χ0n) is 5.33. The van der Waals surface area contributed by atoms with Gasteiger partial charge in [0.05, 0.1) is 6.42 Å². The SMILES string of the molecule is CN1C(=O)C[C@H](OI)C1=O. The largest absolute Gasteiger partial charge is 0.302 e. The molecule has 0 radical (unpaired) electrons. The lowest BCUT2D eigenvalue weighted by atomic mass is 10.3. The Morgan fingerprint density at radius 3 is 2.50 bits per heavy atom. The van der Waals surface area contributed by atoms with Gasteiger partial charge in [-0.15, -0.1) is 0 Å². The highest BCUT2D eigenvalue weighted by Crippen LogP contribution is 2.15. The predicted molar refractivity (Wildman–Crippen MR) is 41.3 cm³/mol. The van der Waals surface area contributed by atoms with E-state index in [9.17, 15) is 9.59 Å². The first-order chi connectivity index (χ1) is 4.66. The van der Waals surface area contributed by atoms with Crippen LogP contribution in [0.2, 0.25) is 0 Å². The second-order valence-electron chi connectivity index (χ2n) is 2.07. The van der Waals surface area contributed by atoms with E-state index >= 15 is 0 Å². The standard InChI is InChI=1S/C5H6INO3/c1-7-4(8)2-3(10-6)5(7)9/h3H,2H2,1H3/t3-/m0/s1. The summed E-state index contributed by atoms with van der Waals surface area (Å²) < 4.78 is 4.72. The van der Waals surface area contributed by atoms with Crippen molar-refractivity contribution < 1.29 is 12.7 Å². The van der Waals surface area contributed by atoms with Gasteiger partial charge in [-0.3, -0.25) is 14.5 Å². The van der Waals surface area contributed by atoms with E-state index in [0.29, 0.717) is 0 Å². The van der Waals surface area contributed by atoms with E-state index in [4.69, 9.17) is 3.07 Å². The molecule has 1 atom stereocenters. The van der Waals surface area contributed by atoms with Crippen molar-refractivity contribution in [2.45, 2.75) is 12.5 Å². The predicted octanol–water partition coefficient (Wildman–Crippen LogP) is 0.110. The monoisotopic (exact) mass is 255 g/mol. The van der Waals surface area contributed by atoms with Crippen LogP contribution in [0, 0.1) is 0 Å². The minimum atomic E-state index is -0.557. The first kappa shape index (κ1) is 7.93. The van der Waals surface area contributed by atoms with Crippen LogP contribution < -0.4 is 0 Å². The summed E-state index contributed by atoms with van der Waals surface area (Å²) >= 11 is 1.63. The summed E-state index contributed by atoms with van der Waals surface area (Å²) in [5, 5.41) is 0. The second kappa shape index (κ2) is 2.83. The van der Waals surface area contributed by atoms with Crippen LogP contribution in [0.25, 0.3) is 0 Å². The molecule has 1 fully saturated rings. The van der Waals surface area contributed by atoms with Crippen molar-refractivity contribution in [2.75, 3.05) is 7.05 Å². The Morgan fingerprint density at radius 2 is 2.30 bits per heavy atom. The van der Waals surface area contributed by atoms with Gasteiger partial charge in [0, 0.05) is 7.05 Å². The topological polar surface area (TPSA) is 46.6 Å². The van der Waals surface area contributed by atoms with Crippen LogP contribution in [0.5, 0.6) is 0 Å². The number of hydrogen-bond acceptors (Lipinski definition) is 3. The molecule has 5 heteroatoms. The number of halogens is 1. The third kappa shape index (κ3) is 1.15. The Bertz CT molecular complexity index is 182. The lowest BCUT2D eigenvalue weighted by Crippen LogP contribution is -2.27. The molecule has 1 saturated heterocycles. The molecule has 0 N–H and O–H groups in total. The molecule has 0 aromatic heterocycles. The minimum absolute atomic E-state index is 0.174. The fourth-order valence-corrected chi connectivity index (χ4v) is 1.19. The molecule has 0 spiro atoms. The Balaban J connectivity index is 2.71. The van der Waals surface area contributed by atoms with Crippen molar-refractivity contribution in [3.8, 4) is 0 Å². The van der Waals surface area contributed by atoms with Gasteiger partial charge in [0.2, 0.25) is 5.91 Å². The highest BCUT2D eigenvalue weighted by Gasteiger charge is 2.36. The summed E-state index contributed by atoms with van der Waals surface area (Å²) in [5.74, 6) is -0.425. The fraction of sp³-hybridized carbons (Fsp3) is 0.600. The van der Waals surface area contributed by atoms with Gasteiger partial charge < -0.3 is 3.07 Å². The van der Waals surface area contributed by atoms with E-state index < -0.39 is 6.10 Å². The summed E-state index contributed by atoms with van der Waals surface area (Å²) in [6, 6.07) is 0. The van der Waals surface area contributed by atoms with Gasteiger partial charge in [-0.05, 0) is 0 Å². The van der Waals surface area contributed by atoms with Gasteiger partial charge in [0.1, 0.15) is 23.0 Å². The molecule has 0 bridgehead atoms. The molecule has 1 heterocycles. The second-order valence-corrected chi connectivity index (χ2v) is 2.58. The molecule has 0 unspecified atom stereocenters. The van der Waals surface area contributed by atoms with E-state index in [-0.39, 0.29) is 18.2 Å². The molecular weight excluding hydrogens is 249 g/mol. The summed E-state index contributed by atoms with van der Waals surface area (Å²) in [5.41, 5.74) is 0. The normalized spacial score (nSPS) is 26.2. The zero-order valence-corrected chi connectivity index (χ0v) is 7.49. The number of likely N-dealkylation sites (N-methyl/N-ethyl adjacent to an activating group) is 1. The Kier molecular flexibility index (Phi) is 2.24. The zero-order chi connectivity index (χ0) is 7.72. The number of hydrogen-bond donors (Lipinski definition) is 0. The summed E-state index contributed by atoms with van der Waals surface area (Å²) in [7, 11) is 1.46. The molecule has 4 nitrogen and oxygen atoms in total. The van der Waals surface area contributed by atoms with Gasteiger partial charge in [-0.1, -0.05) is 0 Å². The number of carbonyl (C=O) groups is 2. The van der Waals surface area contributed by atoms with Crippen molar-refractivity contribution in [1.82, 2.24) is 4.90 Å². The van der Waals surface area contributed by atoms with Crippen LogP contribution in [0.3, 0.4) is 0 Å². The number of amides is 2. The van der Waals surface area contributed by atoms with Crippen molar-refractivity contribution in [1.29, 1.82) is 0 Å². The van der Waals surface area contributed by atoms with E-state index in [1.165, 1.54) is 7.05 Å². The highest BCUT2D eigenvalue weighted by molar-refractivity contribution is 14.1. The van der Waals surface area contributed by atoms with Crippen molar-refractivity contribution >= 4 is 34.8 Å². The van der Waals surface area contributed by atoms with Crippen molar-refractivity contribution in [2.24, 2.45) is 0 Å². The Hall–Kier alpha value is -0.170. The van der Waals surface area contributed by atoms with Gasteiger partial charge in [0.15, 0.2) is 6.10 Å². The van der Waals surface area contributed by atoms with E-state index in [1.54, 1.807) is 23.0 Å². The maximum Gasteiger partial charge on any atom is 0.259 e.